The van der Waals surface area contributed by atoms with Crippen molar-refractivity contribution >= 4 is 11.0 Å². The fraction of sp³-hybridized carbons (Fsp3) is 0.462. The summed E-state index contributed by atoms with van der Waals surface area (Å²) in [5.74, 6) is 1.06. The van der Waals surface area contributed by atoms with Gasteiger partial charge in [0.2, 0.25) is 0 Å². The van der Waals surface area contributed by atoms with Crippen molar-refractivity contribution < 1.29 is 4.39 Å². The van der Waals surface area contributed by atoms with E-state index in [1.54, 1.807) is 6.07 Å². The highest BCUT2D eigenvalue weighted by molar-refractivity contribution is 5.75. The Morgan fingerprint density at radius 1 is 1.41 bits per heavy atom. The van der Waals surface area contributed by atoms with Gasteiger partial charge in [0.15, 0.2) is 0 Å². The normalized spacial score (nSPS) is 13.5. The standard InChI is InChI=1S/C13H18FN3/c1-8(2)10(15)7-13-16-11-6-9(14)4-5-12(11)17(13)3/h4-6,8,10H,7,15H2,1-3H3. The summed E-state index contributed by atoms with van der Waals surface area (Å²) in [5.41, 5.74) is 7.68. The molecule has 2 N–H and O–H groups in total. The monoisotopic (exact) mass is 235 g/mol. The first kappa shape index (κ1) is 12.0. The first-order valence-corrected chi connectivity index (χ1v) is 5.85. The molecular formula is C13H18FN3. The van der Waals surface area contributed by atoms with E-state index in [-0.39, 0.29) is 11.9 Å². The third-order valence-corrected chi connectivity index (χ3v) is 3.21. The maximum absolute atomic E-state index is 13.1. The molecule has 0 bridgehead atoms. The molecular weight excluding hydrogens is 217 g/mol. The second kappa shape index (κ2) is 4.45. The zero-order valence-electron chi connectivity index (χ0n) is 10.4. The van der Waals surface area contributed by atoms with Gasteiger partial charge in [0.25, 0.3) is 0 Å². The smallest absolute Gasteiger partial charge is 0.125 e. The molecule has 0 aliphatic rings. The van der Waals surface area contributed by atoms with Crippen molar-refractivity contribution in [1.29, 1.82) is 0 Å². The zero-order valence-corrected chi connectivity index (χ0v) is 10.4. The van der Waals surface area contributed by atoms with Crippen LogP contribution in [0.5, 0.6) is 0 Å². The summed E-state index contributed by atoms with van der Waals surface area (Å²) in [6.45, 7) is 4.18. The number of aromatic nitrogens is 2. The number of hydrogen-bond acceptors (Lipinski definition) is 2. The molecule has 1 aromatic heterocycles. The number of imidazole rings is 1. The second-order valence-electron chi connectivity index (χ2n) is 4.83. The summed E-state index contributed by atoms with van der Waals surface area (Å²) in [6, 6.07) is 4.74. The zero-order chi connectivity index (χ0) is 12.6. The van der Waals surface area contributed by atoms with Crippen LogP contribution in [0.4, 0.5) is 4.39 Å². The van der Waals surface area contributed by atoms with Gasteiger partial charge in [0.1, 0.15) is 11.6 Å². The van der Waals surface area contributed by atoms with Crippen molar-refractivity contribution in [3.63, 3.8) is 0 Å². The number of nitrogens with two attached hydrogens (primary N) is 1. The quantitative estimate of drug-likeness (QED) is 0.886. The Hall–Kier alpha value is -1.42. The van der Waals surface area contributed by atoms with Gasteiger partial charge in [-0.1, -0.05) is 13.8 Å². The van der Waals surface area contributed by atoms with Crippen LogP contribution in [0.25, 0.3) is 11.0 Å². The van der Waals surface area contributed by atoms with Gasteiger partial charge >= 0.3 is 0 Å². The highest BCUT2D eigenvalue weighted by atomic mass is 19.1. The maximum Gasteiger partial charge on any atom is 0.125 e. The van der Waals surface area contributed by atoms with Crippen LogP contribution in [0, 0.1) is 11.7 Å². The van der Waals surface area contributed by atoms with Crippen LogP contribution >= 0.6 is 0 Å². The molecule has 4 heteroatoms. The number of aryl methyl sites for hydroxylation is 1. The van der Waals surface area contributed by atoms with Crippen LogP contribution in [0.2, 0.25) is 0 Å². The Morgan fingerprint density at radius 3 is 2.76 bits per heavy atom. The van der Waals surface area contributed by atoms with Gasteiger partial charge in [-0.15, -0.1) is 0 Å². The number of rotatable bonds is 3. The van der Waals surface area contributed by atoms with Crippen molar-refractivity contribution in [3.05, 3.63) is 29.8 Å². The van der Waals surface area contributed by atoms with Crippen molar-refractivity contribution in [1.82, 2.24) is 9.55 Å². The second-order valence-corrected chi connectivity index (χ2v) is 4.83. The van der Waals surface area contributed by atoms with Gasteiger partial charge < -0.3 is 10.3 Å². The molecule has 0 spiro atoms. The van der Waals surface area contributed by atoms with E-state index in [1.165, 1.54) is 12.1 Å². The Kier molecular flexibility index (Phi) is 3.15. The summed E-state index contributed by atoms with van der Waals surface area (Å²) in [7, 11) is 1.94. The molecule has 0 fully saturated rings. The lowest BCUT2D eigenvalue weighted by Gasteiger charge is -2.14. The van der Waals surface area contributed by atoms with Crippen molar-refractivity contribution in [2.45, 2.75) is 26.3 Å². The Morgan fingerprint density at radius 2 is 2.12 bits per heavy atom. The molecule has 0 saturated carbocycles. The van der Waals surface area contributed by atoms with E-state index in [0.29, 0.717) is 17.9 Å². The summed E-state index contributed by atoms with van der Waals surface area (Å²) in [5, 5.41) is 0. The van der Waals surface area contributed by atoms with Crippen LogP contribution in [-0.4, -0.2) is 15.6 Å². The minimum atomic E-state index is -0.254. The molecule has 0 aliphatic carbocycles. The van der Waals surface area contributed by atoms with E-state index in [0.717, 1.165) is 11.3 Å². The van der Waals surface area contributed by atoms with E-state index < -0.39 is 0 Å². The molecule has 3 nitrogen and oxygen atoms in total. The number of benzene rings is 1. The first-order chi connectivity index (χ1) is 7.99. The van der Waals surface area contributed by atoms with Gasteiger partial charge in [0.05, 0.1) is 11.0 Å². The number of halogens is 1. The van der Waals surface area contributed by atoms with Gasteiger partial charge in [-0.3, -0.25) is 0 Å². The molecule has 0 radical (unpaired) electrons. The Labute approximate surface area is 100 Å². The van der Waals surface area contributed by atoms with Crippen LogP contribution in [0.15, 0.2) is 18.2 Å². The number of fused-ring (bicyclic) bond motifs is 1. The van der Waals surface area contributed by atoms with E-state index >= 15 is 0 Å². The molecule has 2 aromatic rings. The van der Waals surface area contributed by atoms with E-state index in [9.17, 15) is 4.39 Å². The van der Waals surface area contributed by atoms with Crippen LogP contribution in [-0.2, 0) is 13.5 Å². The van der Waals surface area contributed by atoms with Crippen molar-refractivity contribution in [2.24, 2.45) is 18.7 Å². The molecule has 92 valence electrons. The van der Waals surface area contributed by atoms with Crippen LogP contribution < -0.4 is 5.73 Å². The number of nitrogens with zero attached hydrogens (tertiary/aromatic N) is 2. The van der Waals surface area contributed by atoms with Crippen LogP contribution in [0.1, 0.15) is 19.7 Å². The molecule has 17 heavy (non-hydrogen) atoms. The van der Waals surface area contributed by atoms with Gasteiger partial charge in [-0.2, -0.15) is 0 Å². The van der Waals surface area contributed by atoms with E-state index in [1.807, 2.05) is 11.6 Å². The topological polar surface area (TPSA) is 43.8 Å². The molecule has 1 aromatic carbocycles. The lowest BCUT2D eigenvalue weighted by molar-refractivity contribution is 0.477. The molecule has 1 atom stereocenters. The van der Waals surface area contributed by atoms with Crippen molar-refractivity contribution in [3.8, 4) is 0 Å². The summed E-state index contributed by atoms with van der Waals surface area (Å²) < 4.78 is 15.1. The molecule has 0 amide bonds. The molecule has 1 heterocycles. The molecule has 0 saturated heterocycles. The SMILES string of the molecule is CC(C)C(N)Cc1nc2cc(F)ccc2n1C. The third kappa shape index (κ3) is 2.31. The predicted molar refractivity (Wildman–Crippen MR) is 67.2 cm³/mol. The lowest BCUT2D eigenvalue weighted by atomic mass is 10.0. The summed E-state index contributed by atoms with van der Waals surface area (Å²) in [6.07, 6.45) is 0.713. The van der Waals surface area contributed by atoms with Gasteiger partial charge in [0, 0.05) is 25.6 Å². The predicted octanol–water partition coefficient (Wildman–Crippen LogP) is 2.24. The Bertz CT molecular complexity index is 531. The summed E-state index contributed by atoms with van der Waals surface area (Å²) in [4.78, 5) is 4.44. The minimum absolute atomic E-state index is 0.0790. The van der Waals surface area contributed by atoms with Crippen LogP contribution in [0.3, 0.4) is 0 Å². The Balaban J connectivity index is 2.38. The summed E-state index contributed by atoms with van der Waals surface area (Å²) >= 11 is 0. The fourth-order valence-electron chi connectivity index (χ4n) is 1.85. The highest BCUT2D eigenvalue weighted by Crippen LogP contribution is 2.17. The first-order valence-electron chi connectivity index (χ1n) is 5.85. The maximum atomic E-state index is 13.1. The minimum Gasteiger partial charge on any atom is -0.331 e. The van der Waals surface area contributed by atoms with Gasteiger partial charge in [-0.05, 0) is 18.1 Å². The van der Waals surface area contributed by atoms with E-state index in [2.05, 4.69) is 18.8 Å². The average Bonchev–Trinajstić information content (AvgIpc) is 2.55. The number of hydrogen-bond donors (Lipinski definition) is 1. The highest BCUT2D eigenvalue weighted by Gasteiger charge is 2.14. The molecule has 1 unspecified atom stereocenters. The molecule has 0 aliphatic heterocycles. The average molecular weight is 235 g/mol. The molecule has 2 rings (SSSR count). The van der Waals surface area contributed by atoms with Gasteiger partial charge in [-0.25, -0.2) is 9.37 Å². The van der Waals surface area contributed by atoms with E-state index in [4.69, 9.17) is 5.73 Å². The fourth-order valence-corrected chi connectivity index (χ4v) is 1.85. The third-order valence-electron chi connectivity index (χ3n) is 3.21. The van der Waals surface area contributed by atoms with Crippen molar-refractivity contribution in [2.75, 3.05) is 0 Å². The lowest BCUT2D eigenvalue weighted by Crippen LogP contribution is -2.29. The largest absolute Gasteiger partial charge is 0.331 e.